The molecular weight excluding hydrogens is 232 g/mol. The maximum Gasteiger partial charge on any atom is 0.370 e. The van der Waals surface area contributed by atoms with Gasteiger partial charge in [-0.25, -0.2) is 9.59 Å². The first-order chi connectivity index (χ1) is 8.51. The summed E-state index contributed by atoms with van der Waals surface area (Å²) in [7, 11) is 2.62. The van der Waals surface area contributed by atoms with E-state index < -0.39 is 11.9 Å². The van der Waals surface area contributed by atoms with Crippen molar-refractivity contribution in [3.63, 3.8) is 0 Å². The number of carbonyl (C=O) groups excluding carboxylic acids is 2. The maximum atomic E-state index is 11.7. The Balaban J connectivity index is 2.89. The highest BCUT2D eigenvalue weighted by Crippen LogP contribution is 2.24. The number of hydrogen-bond acceptors (Lipinski definition) is 5. The second-order valence-electron chi connectivity index (χ2n) is 3.79. The molecule has 0 aromatic rings. The van der Waals surface area contributed by atoms with Crippen molar-refractivity contribution in [2.24, 2.45) is 0 Å². The van der Waals surface area contributed by atoms with Gasteiger partial charge in [0.15, 0.2) is 0 Å². The quantitative estimate of drug-likeness (QED) is 0.749. The van der Waals surface area contributed by atoms with E-state index in [1.807, 2.05) is 0 Å². The molecule has 0 spiro atoms. The second-order valence-corrected chi connectivity index (χ2v) is 3.79. The minimum absolute atomic E-state index is 0.212. The van der Waals surface area contributed by atoms with Crippen LogP contribution in [0.15, 0.2) is 22.5 Å². The molecule has 2 radical (unpaired) electrons. The van der Waals surface area contributed by atoms with E-state index >= 15 is 0 Å². The average molecular weight is 247 g/mol. The molecule has 1 aliphatic rings. The van der Waals surface area contributed by atoms with Crippen LogP contribution in [-0.2, 0) is 18.9 Å². The number of carbonyl (C=O) groups is 2. The highest BCUT2D eigenvalue weighted by Gasteiger charge is 2.26. The third-order valence-electron chi connectivity index (χ3n) is 2.58. The summed E-state index contributed by atoms with van der Waals surface area (Å²) in [5, 5.41) is 2.99. The van der Waals surface area contributed by atoms with Gasteiger partial charge in [-0.15, -0.1) is 0 Å². The van der Waals surface area contributed by atoms with Gasteiger partial charge in [-0.2, -0.15) is 0 Å². The fourth-order valence-corrected chi connectivity index (χ4v) is 1.68. The van der Waals surface area contributed by atoms with E-state index in [2.05, 4.69) is 5.32 Å². The van der Waals surface area contributed by atoms with Crippen molar-refractivity contribution >= 4 is 26.9 Å². The van der Waals surface area contributed by atoms with Crippen LogP contribution in [0.2, 0.25) is 13.6 Å². The molecule has 1 aliphatic heterocycles. The molecule has 5 nitrogen and oxygen atoms in total. The topological polar surface area (TPSA) is 64.6 Å². The van der Waals surface area contributed by atoms with Gasteiger partial charge >= 0.3 is 26.9 Å². The molecule has 0 aromatic carbocycles. The molecule has 18 heavy (non-hydrogen) atoms. The molecule has 0 saturated carbocycles. The SMILES string of the molecule is C[B]OC(=O)C1=C(C)NC(C)=C(C(=O)O[B]C)C1. The molecule has 0 aromatic heterocycles. The Bertz CT molecular complexity index is 391. The van der Waals surface area contributed by atoms with Crippen molar-refractivity contribution in [2.45, 2.75) is 33.9 Å². The molecule has 0 amide bonds. The highest BCUT2D eigenvalue weighted by atomic mass is 16.5. The van der Waals surface area contributed by atoms with Crippen LogP contribution in [0, 0.1) is 0 Å². The molecule has 0 saturated heterocycles. The van der Waals surface area contributed by atoms with E-state index in [0.717, 1.165) is 0 Å². The minimum atomic E-state index is -0.458. The fourth-order valence-electron chi connectivity index (χ4n) is 1.68. The summed E-state index contributed by atoms with van der Waals surface area (Å²) < 4.78 is 9.66. The van der Waals surface area contributed by atoms with Crippen molar-refractivity contribution in [3.05, 3.63) is 22.5 Å². The first kappa shape index (κ1) is 14.4. The molecule has 1 rings (SSSR count). The Morgan fingerprint density at radius 1 is 1.00 bits per heavy atom. The lowest BCUT2D eigenvalue weighted by Crippen LogP contribution is -2.27. The molecule has 94 valence electrons. The lowest BCUT2D eigenvalue weighted by atomic mass is 9.96. The van der Waals surface area contributed by atoms with Gasteiger partial charge in [0.25, 0.3) is 0 Å². The number of allylic oxidation sites excluding steroid dienone is 2. The van der Waals surface area contributed by atoms with Crippen molar-refractivity contribution in [1.82, 2.24) is 5.32 Å². The Morgan fingerprint density at radius 2 is 1.39 bits per heavy atom. The van der Waals surface area contributed by atoms with Crippen molar-refractivity contribution < 1.29 is 18.9 Å². The molecule has 1 heterocycles. The summed E-state index contributed by atoms with van der Waals surface area (Å²) in [6.07, 6.45) is 0.212. The Morgan fingerprint density at radius 3 is 1.72 bits per heavy atom. The summed E-state index contributed by atoms with van der Waals surface area (Å²) in [5.41, 5.74) is 2.25. The number of dihydropyridines is 1. The van der Waals surface area contributed by atoms with Gasteiger partial charge in [-0.05, 0) is 13.8 Å². The van der Waals surface area contributed by atoms with E-state index in [1.165, 1.54) is 15.0 Å². The standard InChI is InChI=1S/C11H15B2NO4/c1-6-8(10(15)17-12-3)5-9(7(2)14-6)11(16)18-13-4/h14H,5H2,1-4H3. The highest BCUT2D eigenvalue weighted by molar-refractivity contribution is 6.30. The van der Waals surface area contributed by atoms with Crippen LogP contribution in [0.25, 0.3) is 0 Å². The predicted octanol–water partition coefficient (Wildman–Crippen LogP) is 0.949. The largest absolute Gasteiger partial charge is 0.536 e. The van der Waals surface area contributed by atoms with Crippen LogP contribution < -0.4 is 5.32 Å². The lowest BCUT2D eigenvalue weighted by molar-refractivity contribution is -0.130. The first-order valence-electron chi connectivity index (χ1n) is 5.65. The molecule has 0 fully saturated rings. The van der Waals surface area contributed by atoms with Gasteiger partial charge < -0.3 is 14.6 Å². The third kappa shape index (κ3) is 3.18. The molecular formula is C11H15B2NO4. The maximum absolute atomic E-state index is 11.7. The van der Waals surface area contributed by atoms with E-state index in [0.29, 0.717) is 22.5 Å². The molecule has 0 aliphatic carbocycles. The van der Waals surface area contributed by atoms with Gasteiger partial charge in [-0.3, -0.25) is 0 Å². The summed E-state index contributed by atoms with van der Waals surface area (Å²) >= 11 is 0. The minimum Gasteiger partial charge on any atom is -0.536 e. The Hall–Kier alpha value is -1.65. The van der Waals surface area contributed by atoms with Crippen LogP contribution in [0.5, 0.6) is 0 Å². The predicted molar refractivity (Wildman–Crippen MR) is 68.6 cm³/mol. The average Bonchev–Trinajstić information content (AvgIpc) is 2.29. The normalized spacial score (nSPS) is 14.9. The number of rotatable bonds is 4. The van der Waals surface area contributed by atoms with Gasteiger partial charge in [0, 0.05) is 17.8 Å². The molecule has 0 atom stereocenters. The first-order valence-corrected chi connectivity index (χ1v) is 5.65. The summed E-state index contributed by atoms with van der Waals surface area (Å²) in [5.74, 6) is -0.915. The summed E-state index contributed by atoms with van der Waals surface area (Å²) in [4.78, 5) is 23.4. The van der Waals surface area contributed by atoms with Crippen LogP contribution in [0.3, 0.4) is 0 Å². The summed E-state index contributed by atoms with van der Waals surface area (Å²) in [6, 6.07) is 0. The monoisotopic (exact) mass is 247 g/mol. The van der Waals surface area contributed by atoms with E-state index in [9.17, 15) is 9.59 Å². The molecule has 7 heteroatoms. The zero-order valence-electron chi connectivity index (χ0n) is 11.0. The second kappa shape index (κ2) is 6.33. The number of nitrogens with one attached hydrogen (secondary N) is 1. The third-order valence-corrected chi connectivity index (χ3v) is 2.58. The van der Waals surface area contributed by atoms with E-state index in [4.69, 9.17) is 9.31 Å². The van der Waals surface area contributed by atoms with Gasteiger partial charge in [0.05, 0.1) is 11.1 Å². The number of hydrogen-bond donors (Lipinski definition) is 1. The van der Waals surface area contributed by atoms with E-state index in [1.54, 1.807) is 27.5 Å². The zero-order chi connectivity index (χ0) is 13.7. The molecule has 0 unspecified atom stereocenters. The summed E-state index contributed by atoms with van der Waals surface area (Å²) in [6.45, 7) is 6.77. The van der Waals surface area contributed by atoms with Crippen LogP contribution >= 0.6 is 0 Å². The van der Waals surface area contributed by atoms with Gasteiger partial charge in [0.2, 0.25) is 0 Å². The van der Waals surface area contributed by atoms with Crippen LogP contribution in [0.4, 0.5) is 0 Å². The molecule has 0 bridgehead atoms. The van der Waals surface area contributed by atoms with Crippen LogP contribution in [-0.4, -0.2) is 26.9 Å². The Kier molecular flexibility index (Phi) is 5.07. The van der Waals surface area contributed by atoms with Gasteiger partial charge in [-0.1, -0.05) is 13.6 Å². The van der Waals surface area contributed by atoms with E-state index in [-0.39, 0.29) is 6.42 Å². The Labute approximate surface area is 108 Å². The smallest absolute Gasteiger partial charge is 0.370 e. The van der Waals surface area contributed by atoms with Crippen molar-refractivity contribution in [3.8, 4) is 0 Å². The lowest BCUT2D eigenvalue weighted by Gasteiger charge is -2.22. The fraction of sp³-hybridized carbons (Fsp3) is 0.455. The van der Waals surface area contributed by atoms with Gasteiger partial charge in [0.1, 0.15) is 0 Å². The zero-order valence-corrected chi connectivity index (χ0v) is 11.0. The van der Waals surface area contributed by atoms with Crippen LogP contribution in [0.1, 0.15) is 20.3 Å². The molecule has 1 N–H and O–H groups in total. The van der Waals surface area contributed by atoms with Crippen molar-refractivity contribution in [1.29, 1.82) is 0 Å². The van der Waals surface area contributed by atoms with Crippen molar-refractivity contribution in [2.75, 3.05) is 0 Å².